The first kappa shape index (κ1) is 16.4. The minimum atomic E-state index is -3.51. The smallest absolute Gasteiger partial charge is 0.230 e. The highest BCUT2D eigenvalue weighted by Gasteiger charge is 2.33. The molecule has 0 heterocycles. The molecule has 0 aromatic carbocycles. The molecule has 0 bridgehead atoms. The third-order valence-corrected chi connectivity index (χ3v) is 5.06. The Balaban J connectivity index is 5.06. The summed E-state index contributed by atoms with van der Waals surface area (Å²) in [7, 11) is 0.290. The van der Waals surface area contributed by atoms with Gasteiger partial charge in [-0.2, -0.15) is 9.57 Å². The van der Waals surface area contributed by atoms with Gasteiger partial charge in [-0.05, 0) is 27.4 Å². The van der Waals surface area contributed by atoms with Gasteiger partial charge in [0.25, 0.3) is 0 Å². The second-order valence-corrected chi connectivity index (χ2v) is 6.45. The maximum absolute atomic E-state index is 12.2. The largest absolute Gasteiger partial charge is 0.308 e. The standard InChI is InChI=1S/C11H23N3O2S/c1-6-11(8-12)17(15,16)14(7-2)10(3)9-13(4)5/h10-11H,6-7,9H2,1-5H3. The van der Waals surface area contributed by atoms with E-state index in [0.717, 1.165) is 0 Å². The molecule has 0 rings (SSSR count). The normalized spacial score (nSPS) is 15.9. The molecule has 0 aromatic rings. The summed E-state index contributed by atoms with van der Waals surface area (Å²) in [5, 5.41) is 7.97. The van der Waals surface area contributed by atoms with Crippen LogP contribution in [0.5, 0.6) is 0 Å². The van der Waals surface area contributed by atoms with Crippen LogP contribution in [0.4, 0.5) is 0 Å². The van der Waals surface area contributed by atoms with Gasteiger partial charge < -0.3 is 4.90 Å². The van der Waals surface area contributed by atoms with Gasteiger partial charge in [-0.15, -0.1) is 0 Å². The van der Waals surface area contributed by atoms with Crippen LogP contribution in [0.15, 0.2) is 0 Å². The lowest BCUT2D eigenvalue weighted by Crippen LogP contribution is -2.47. The fourth-order valence-electron chi connectivity index (χ4n) is 1.89. The Hall–Kier alpha value is -0.640. The van der Waals surface area contributed by atoms with E-state index in [2.05, 4.69) is 0 Å². The maximum atomic E-state index is 12.2. The molecule has 0 spiro atoms. The van der Waals surface area contributed by atoms with Gasteiger partial charge in [0.05, 0.1) is 6.07 Å². The molecule has 6 heteroatoms. The van der Waals surface area contributed by atoms with E-state index in [9.17, 15) is 8.42 Å². The average molecular weight is 261 g/mol. The van der Waals surface area contributed by atoms with Crippen LogP contribution in [0.2, 0.25) is 0 Å². The highest BCUT2D eigenvalue weighted by molar-refractivity contribution is 7.90. The van der Waals surface area contributed by atoms with E-state index in [1.807, 2.05) is 32.0 Å². The lowest BCUT2D eigenvalue weighted by atomic mass is 10.3. The van der Waals surface area contributed by atoms with E-state index in [0.29, 0.717) is 19.5 Å². The average Bonchev–Trinajstić information content (AvgIpc) is 2.17. The van der Waals surface area contributed by atoms with Gasteiger partial charge in [0.15, 0.2) is 5.25 Å². The van der Waals surface area contributed by atoms with Crippen molar-refractivity contribution in [2.75, 3.05) is 27.2 Å². The molecule has 0 aliphatic rings. The second-order valence-electron chi connectivity index (χ2n) is 4.39. The van der Waals surface area contributed by atoms with E-state index in [1.165, 1.54) is 4.31 Å². The number of nitrogens with zero attached hydrogens (tertiary/aromatic N) is 3. The van der Waals surface area contributed by atoms with Gasteiger partial charge in [0, 0.05) is 19.1 Å². The van der Waals surface area contributed by atoms with Crippen molar-refractivity contribution in [3.63, 3.8) is 0 Å². The molecule has 0 aromatic heterocycles. The third-order valence-electron chi connectivity index (χ3n) is 2.63. The highest BCUT2D eigenvalue weighted by Crippen LogP contribution is 2.15. The molecule has 2 unspecified atom stereocenters. The molecule has 0 saturated carbocycles. The van der Waals surface area contributed by atoms with Gasteiger partial charge in [0.2, 0.25) is 10.0 Å². The van der Waals surface area contributed by atoms with E-state index >= 15 is 0 Å². The van der Waals surface area contributed by atoms with Crippen LogP contribution in [-0.4, -0.2) is 56.1 Å². The number of sulfonamides is 1. The monoisotopic (exact) mass is 261 g/mol. The van der Waals surface area contributed by atoms with Gasteiger partial charge in [-0.1, -0.05) is 13.8 Å². The van der Waals surface area contributed by atoms with Crippen LogP contribution in [0.1, 0.15) is 27.2 Å². The molecule has 0 aliphatic heterocycles. The minimum absolute atomic E-state index is 0.123. The predicted octanol–water partition coefficient (Wildman–Crippen LogP) is 0.890. The molecule has 0 radical (unpaired) electrons. The van der Waals surface area contributed by atoms with Crippen molar-refractivity contribution in [1.29, 1.82) is 5.26 Å². The molecule has 100 valence electrons. The van der Waals surface area contributed by atoms with Gasteiger partial charge >= 0.3 is 0 Å². The Kier molecular flexibility index (Phi) is 6.68. The Morgan fingerprint density at radius 2 is 1.82 bits per heavy atom. The first-order valence-electron chi connectivity index (χ1n) is 5.86. The van der Waals surface area contributed by atoms with Crippen molar-refractivity contribution in [2.24, 2.45) is 0 Å². The van der Waals surface area contributed by atoms with Crippen LogP contribution >= 0.6 is 0 Å². The summed E-state index contributed by atoms with van der Waals surface area (Å²) in [6, 6.07) is 1.75. The number of nitriles is 1. The number of likely N-dealkylation sites (N-methyl/N-ethyl adjacent to an activating group) is 2. The molecule has 0 saturated heterocycles. The van der Waals surface area contributed by atoms with Crippen molar-refractivity contribution in [1.82, 2.24) is 9.21 Å². The van der Waals surface area contributed by atoms with Crippen molar-refractivity contribution in [2.45, 2.75) is 38.5 Å². The SMILES string of the molecule is CCC(C#N)S(=O)(=O)N(CC)C(C)CN(C)C. The second kappa shape index (κ2) is 6.94. The summed E-state index contributed by atoms with van der Waals surface area (Å²) in [5.41, 5.74) is 0. The van der Waals surface area contributed by atoms with E-state index in [-0.39, 0.29) is 6.04 Å². The lowest BCUT2D eigenvalue weighted by molar-refractivity contribution is 0.270. The number of rotatable bonds is 7. The van der Waals surface area contributed by atoms with Crippen molar-refractivity contribution >= 4 is 10.0 Å². The van der Waals surface area contributed by atoms with Crippen molar-refractivity contribution in [3.8, 4) is 6.07 Å². The minimum Gasteiger partial charge on any atom is -0.308 e. The molecular weight excluding hydrogens is 238 g/mol. The summed E-state index contributed by atoms with van der Waals surface area (Å²) in [5.74, 6) is 0. The van der Waals surface area contributed by atoms with Crippen LogP contribution in [0.25, 0.3) is 0 Å². The highest BCUT2D eigenvalue weighted by atomic mass is 32.2. The topological polar surface area (TPSA) is 64.4 Å². The number of hydrogen-bond donors (Lipinski definition) is 0. The van der Waals surface area contributed by atoms with Crippen LogP contribution in [0, 0.1) is 11.3 Å². The maximum Gasteiger partial charge on any atom is 0.230 e. The molecule has 2 atom stereocenters. The summed E-state index contributed by atoms with van der Waals surface area (Å²) < 4.78 is 25.9. The fourth-order valence-corrected chi connectivity index (χ4v) is 3.70. The zero-order valence-electron chi connectivity index (χ0n) is 11.3. The van der Waals surface area contributed by atoms with Crippen LogP contribution in [0.3, 0.4) is 0 Å². The molecule has 5 nitrogen and oxygen atoms in total. The molecule has 0 aliphatic carbocycles. The summed E-state index contributed by atoms with van der Waals surface area (Å²) in [6.07, 6.45) is 0.323. The third kappa shape index (κ3) is 4.26. The lowest BCUT2D eigenvalue weighted by Gasteiger charge is -2.30. The number of hydrogen-bond acceptors (Lipinski definition) is 4. The first-order chi connectivity index (χ1) is 7.81. The van der Waals surface area contributed by atoms with Crippen LogP contribution < -0.4 is 0 Å². The molecule has 0 amide bonds. The van der Waals surface area contributed by atoms with Crippen LogP contribution in [-0.2, 0) is 10.0 Å². The quantitative estimate of drug-likeness (QED) is 0.683. The van der Waals surface area contributed by atoms with Crippen molar-refractivity contribution < 1.29 is 8.42 Å². The van der Waals surface area contributed by atoms with Gasteiger partial charge in [-0.3, -0.25) is 0 Å². The molecule has 0 N–H and O–H groups in total. The van der Waals surface area contributed by atoms with E-state index in [4.69, 9.17) is 5.26 Å². The molecule has 17 heavy (non-hydrogen) atoms. The Labute approximate surface area is 105 Å². The summed E-state index contributed by atoms with van der Waals surface area (Å²) >= 11 is 0. The summed E-state index contributed by atoms with van der Waals surface area (Å²) in [4.78, 5) is 1.94. The summed E-state index contributed by atoms with van der Waals surface area (Å²) in [6.45, 7) is 6.43. The predicted molar refractivity (Wildman–Crippen MR) is 69.0 cm³/mol. The molecular formula is C11H23N3O2S. The zero-order chi connectivity index (χ0) is 13.6. The Morgan fingerprint density at radius 3 is 2.12 bits per heavy atom. The fraction of sp³-hybridized carbons (Fsp3) is 0.909. The zero-order valence-corrected chi connectivity index (χ0v) is 12.2. The Morgan fingerprint density at radius 1 is 1.29 bits per heavy atom. The first-order valence-corrected chi connectivity index (χ1v) is 7.36. The van der Waals surface area contributed by atoms with E-state index in [1.54, 1.807) is 13.8 Å². The molecule has 0 fully saturated rings. The van der Waals surface area contributed by atoms with Crippen molar-refractivity contribution in [3.05, 3.63) is 0 Å². The van der Waals surface area contributed by atoms with Gasteiger partial charge in [0.1, 0.15) is 0 Å². The Bertz CT molecular complexity index is 359. The van der Waals surface area contributed by atoms with Gasteiger partial charge in [-0.25, -0.2) is 8.42 Å². The van der Waals surface area contributed by atoms with E-state index < -0.39 is 15.3 Å².